The number of rotatable bonds is 5. The topological polar surface area (TPSA) is 77.2 Å². The first kappa shape index (κ1) is 14.7. The third-order valence-electron chi connectivity index (χ3n) is 2.51. The van der Waals surface area contributed by atoms with Gasteiger partial charge in [0.15, 0.2) is 5.16 Å². The zero-order chi connectivity index (χ0) is 14.7. The van der Waals surface area contributed by atoms with Gasteiger partial charge in [-0.2, -0.15) is 0 Å². The van der Waals surface area contributed by atoms with Gasteiger partial charge in [0.2, 0.25) is 0 Å². The molecule has 1 N–H and O–H groups in total. The van der Waals surface area contributed by atoms with E-state index in [0.29, 0.717) is 27.4 Å². The quantitative estimate of drug-likeness (QED) is 0.854. The van der Waals surface area contributed by atoms with Crippen molar-refractivity contribution in [3.8, 4) is 11.4 Å². The maximum absolute atomic E-state index is 10.7. The minimum Gasteiger partial charge on any atom is -0.497 e. The first-order chi connectivity index (χ1) is 9.52. The van der Waals surface area contributed by atoms with Crippen molar-refractivity contribution < 1.29 is 14.6 Å². The third kappa shape index (κ3) is 3.05. The Bertz CT molecular complexity index is 645. The van der Waals surface area contributed by atoms with Crippen molar-refractivity contribution in [3.05, 3.63) is 29.0 Å². The van der Waals surface area contributed by atoms with Crippen LogP contribution in [0.25, 0.3) is 5.69 Å². The summed E-state index contributed by atoms with van der Waals surface area (Å²) >= 11 is 7.28. The van der Waals surface area contributed by atoms with Gasteiger partial charge in [-0.15, -0.1) is 10.2 Å². The lowest BCUT2D eigenvalue weighted by Gasteiger charge is -2.11. The molecular weight excluding hydrogens is 302 g/mol. The number of benzene rings is 1. The van der Waals surface area contributed by atoms with Crippen LogP contribution < -0.4 is 4.74 Å². The average molecular weight is 314 g/mol. The van der Waals surface area contributed by atoms with Crippen LogP contribution in [0.3, 0.4) is 0 Å². The number of aliphatic carboxylic acids is 1. The molecule has 0 atom stereocenters. The molecule has 2 aromatic rings. The molecule has 0 fully saturated rings. The van der Waals surface area contributed by atoms with Gasteiger partial charge in [-0.1, -0.05) is 23.4 Å². The van der Waals surface area contributed by atoms with Crippen LogP contribution in [-0.4, -0.2) is 38.7 Å². The molecule has 0 saturated carbocycles. The zero-order valence-electron chi connectivity index (χ0n) is 10.8. The van der Waals surface area contributed by atoms with Crippen LogP contribution in [0, 0.1) is 6.92 Å². The van der Waals surface area contributed by atoms with E-state index in [1.165, 1.54) is 0 Å². The van der Waals surface area contributed by atoms with Crippen LogP contribution >= 0.6 is 23.4 Å². The van der Waals surface area contributed by atoms with Crippen molar-refractivity contribution in [2.45, 2.75) is 12.1 Å². The van der Waals surface area contributed by atoms with Gasteiger partial charge in [-0.3, -0.25) is 9.36 Å². The van der Waals surface area contributed by atoms with Gasteiger partial charge in [-0.05, 0) is 19.1 Å². The van der Waals surface area contributed by atoms with E-state index in [-0.39, 0.29) is 5.75 Å². The Labute approximate surface area is 124 Å². The molecule has 0 radical (unpaired) electrons. The Morgan fingerprint density at radius 2 is 2.25 bits per heavy atom. The van der Waals surface area contributed by atoms with Crippen LogP contribution in [0.4, 0.5) is 0 Å². The predicted molar refractivity (Wildman–Crippen MR) is 76.0 cm³/mol. The molecule has 1 heterocycles. The summed E-state index contributed by atoms with van der Waals surface area (Å²) in [5.74, 6) is 0.248. The summed E-state index contributed by atoms with van der Waals surface area (Å²) in [4.78, 5) is 10.7. The number of aromatic nitrogens is 3. The van der Waals surface area contributed by atoms with Gasteiger partial charge in [0, 0.05) is 6.07 Å². The van der Waals surface area contributed by atoms with Crippen molar-refractivity contribution in [2.75, 3.05) is 12.9 Å². The lowest BCUT2D eigenvalue weighted by Crippen LogP contribution is -2.03. The van der Waals surface area contributed by atoms with E-state index in [2.05, 4.69) is 10.2 Å². The number of carboxylic acid groups (broad SMARTS) is 1. The lowest BCUT2D eigenvalue weighted by atomic mass is 10.3. The van der Waals surface area contributed by atoms with Gasteiger partial charge in [0.25, 0.3) is 0 Å². The highest BCUT2D eigenvalue weighted by Gasteiger charge is 2.15. The molecule has 20 heavy (non-hydrogen) atoms. The number of halogens is 1. The second-order valence-corrected chi connectivity index (χ2v) is 5.21. The molecular formula is C12H12ClN3O3S. The number of aryl methyl sites for hydroxylation is 1. The first-order valence-corrected chi connectivity index (χ1v) is 7.00. The van der Waals surface area contributed by atoms with Crippen molar-refractivity contribution in [2.24, 2.45) is 0 Å². The number of carboxylic acids is 1. The van der Waals surface area contributed by atoms with Crippen molar-refractivity contribution in [1.82, 2.24) is 14.8 Å². The van der Waals surface area contributed by atoms with Gasteiger partial charge in [-0.25, -0.2) is 0 Å². The van der Waals surface area contributed by atoms with E-state index in [4.69, 9.17) is 21.4 Å². The van der Waals surface area contributed by atoms with Crippen molar-refractivity contribution >= 4 is 29.3 Å². The zero-order valence-corrected chi connectivity index (χ0v) is 12.4. The van der Waals surface area contributed by atoms with Crippen LogP contribution in [0.2, 0.25) is 5.02 Å². The summed E-state index contributed by atoms with van der Waals surface area (Å²) in [6.45, 7) is 1.77. The predicted octanol–water partition coefficient (Wildman–Crippen LogP) is 2.41. The third-order valence-corrected chi connectivity index (χ3v) is 3.75. The normalized spacial score (nSPS) is 10.6. The number of nitrogens with zero attached hydrogens (tertiary/aromatic N) is 3. The number of hydrogen-bond acceptors (Lipinski definition) is 5. The molecule has 0 bridgehead atoms. The fourth-order valence-electron chi connectivity index (χ4n) is 1.63. The minimum atomic E-state index is -0.918. The van der Waals surface area contributed by atoms with Crippen molar-refractivity contribution in [3.63, 3.8) is 0 Å². The summed E-state index contributed by atoms with van der Waals surface area (Å²) in [6, 6.07) is 5.21. The van der Waals surface area contributed by atoms with Crippen LogP contribution in [0.5, 0.6) is 5.75 Å². The Balaban J connectivity index is 2.46. The summed E-state index contributed by atoms with van der Waals surface area (Å²) in [5.41, 5.74) is 0.654. The molecule has 0 unspecified atom stereocenters. The molecule has 1 aromatic carbocycles. The fourth-order valence-corrected chi connectivity index (χ4v) is 2.54. The highest BCUT2D eigenvalue weighted by molar-refractivity contribution is 7.99. The van der Waals surface area contributed by atoms with E-state index in [1.54, 1.807) is 36.8 Å². The summed E-state index contributed by atoms with van der Waals surface area (Å²) in [6.07, 6.45) is 0. The molecule has 1 aromatic heterocycles. The summed E-state index contributed by atoms with van der Waals surface area (Å²) in [5, 5.41) is 17.7. The van der Waals surface area contributed by atoms with E-state index in [1.807, 2.05) is 0 Å². The molecule has 2 rings (SSSR count). The van der Waals surface area contributed by atoms with Crippen LogP contribution in [0.15, 0.2) is 23.4 Å². The van der Waals surface area contributed by atoms with Gasteiger partial charge < -0.3 is 9.84 Å². The maximum Gasteiger partial charge on any atom is 0.313 e. The molecule has 6 nitrogen and oxygen atoms in total. The van der Waals surface area contributed by atoms with Gasteiger partial charge >= 0.3 is 5.97 Å². The average Bonchev–Trinajstić information content (AvgIpc) is 2.78. The molecule has 0 aliphatic carbocycles. The van der Waals surface area contributed by atoms with E-state index in [0.717, 1.165) is 11.8 Å². The number of methoxy groups -OCH3 is 1. The molecule has 0 amide bonds. The highest BCUT2D eigenvalue weighted by Crippen LogP contribution is 2.29. The fraction of sp³-hybridized carbons (Fsp3) is 0.250. The van der Waals surface area contributed by atoms with E-state index in [9.17, 15) is 4.79 Å². The highest BCUT2D eigenvalue weighted by atomic mass is 35.5. The maximum atomic E-state index is 10.7. The SMILES string of the molecule is COc1ccc(Cl)c(-n2c(C)nnc2SCC(=O)O)c1. The Morgan fingerprint density at radius 1 is 1.50 bits per heavy atom. The molecule has 0 aliphatic heterocycles. The smallest absolute Gasteiger partial charge is 0.313 e. The molecule has 106 valence electrons. The minimum absolute atomic E-state index is 0.0975. The Morgan fingerprint density at radius 3 is 2.90 bits per heavy atom. The van der Waals surface area contributed by atoms with Gasteiger partial charge in [0.05, 0.1) is 23.6 Å². The molecule has 0 saturated heterocycles. The summed E-state index contributed by atoms with van der Waals surface area (Å²) < 4.78 is 6.88. The van der Waals surface area contributed by atoms with Crippen LogP contribution in [-0.2, 0) is 4.79 Å². The second-order valence-electron chi connectivity index (χ2n) is 3.86. The van der Waals surface area contributed by atoms with Gasteiger partial charge in [0.1, 0.15) is 11.6 Å². The Hall–Kier alpha value is -1.73. The summed E-state index contributed by atoms with van der Waals surface area (Å²) in [7, 11) is 1.56. The first-order valence-electron chi connectivity index (χ1n) is 5.63. The van der Waals surface area contributed by atoms with E-state index >= 15 is 0 Å². The van der Waals surface area contributed by atoms with Crippen LogP contribution in [0.1, 0.15) is 5.82 Å². The van der Waals surface area contributed by atoms with Crippen molar-refractivity contribution in [1.29, 1.82) is 0 Å². The number of thioether (sulfide) groups is 1. The van der Waals surface area contributed by atoms with E-state index < -0.39 is 5.97 Å². The number of ether oxygens (including phenoxy) is 1. The Kier molecular flexibility index (Phi) is 4.51. The second kappa shape index (κ2) is 6.15. The number of hydrogen-bond donors (Lipinski definition) is 1. The monoisotopic (exact) mass is 313 g/mol. The largest absolute Gasteiger partial charge is 0.497 e. The standard InChI is InChI=1S/C12H12ClN3O3S/c1-7-14-15-12(20-6-11(17)18)16(7)10-5-8(19-2)3-4-9(10)13/h3-5H,6H2,1-2H3,(H,17,18). The molecule has 0 spiro atoms. The molecule has 8 heteroatoms. The lowest BCUT2D eigenvalue weighted by molar-refractivity contribution is -0.133. The molecule has 0 aliphatic rings. The number of carbonyl (C=O) groups is 1.